The van der Waals surface area contributed by atoms with Gasteiger partial charge in [-0.2, -0.15) is 0 Å². The molecule has 2 unspecified atom stereocenters. The molecule has 1 aliphatic carbocycles. The zero-order chi connectivity index (χ0) is 11.7. The molecule has 1 aliphatic rings. The van der Waals surface area contributed by atoms with Crippen LogP contribution in [0.5, 0.6) is 0 Å². The molecule has 0 aliphatic heterocycles. The standard InChI is InChI=1S/C16H17N/c17-15-11-14(15)16(12-7-3-1-4-8-12)13-9-5-2-6-10-13/h1-10,14-16H,11,17H2. The van der Waals surface area contributed by atoms with Gasteiger partial charge in [0.05, 0.1) is 0 Å². The molecule has 1 nitrogen and oxygen atoms in total. The summed E-state index contributed by atoms with van der Waals surface area (Å²) in [6.07, 6.45) is 1.15. The Labute approximate surface area is 102 Å². The third-order valence-corrected chi connectivity index (χ3v) is 3.64. The molecular weight excluding hydrogens is 206 g/mol. The predicted molar refractivity (Wildman–Crippen MR) is 70.8 cm³/mol. The molecular formula is C16H17N. The predicted octanol–water partition coefficient (Wildman–Crippen LogP) is 3.17. The maximum Gasteiger partial charge on any atom is 0.0133 e. The summed E-state index contributed by atoms with van der Waals surface area (Å²) in [4.78, 5) is 0. The van der Waals surface area contributed by atoms with Gasteiger partial charge >= 0.3 is 0 Å². The third-order valence-electron chi connectivity index (χ3n) is 3.64. The summed E-state index contributed by atoms with van der Waals surface area (Å²) in [7, 11) is 0. The number of rotatable bonds is 3. The number of benzene rings is 2. The van der Waals surface area contributed by atoms with Crippen LogP contribution in [-0.2, 0) is 0 Å². The first-order chi connectivity index (χ1) is 8.36. The number of nitrogens with two attached hydrogens (primary N) is 1. The van der Waals surface area contributed by atoms with Crippen LogP contribution in [-0.4, -0.2) is 6.04 Å². The molecule has 17 heavy (non-hydrogen) atoms. The molecule has 86 valence electrons. The van der Waals surface area contributed by atoms with Crippen LogP contribution < -0.4 is 5.73 Å². The first-order valence-electron chi connectivity index (χ1n) is 6.22. The SMILES string of the molecule is NC1CC1C(c1ccccc1)c1ccccc1. The average Bonchev–Trinajstić information content (AvgIpc) is 3.09. The first kappa shape index (κ1) is 10.5. The molecule has 2 atom stereocenters. The zero-order valence-electron chi connectivity index (χ0n) is 9.79. The van der Waals surface area contributed by atoms with Gasteiger partial charge in [0, 0.05) is 12.0 Å². The van der Waals surface area contributed by atoms with Gasteiger partial charge in [-0.3, -0.25) is 0 Å². The molecule has 2 aromatic rings. The summed E-state index contributed by atoms with van der Waals surface area (Å²) >= 11 is 0. The fourth-order valence-electron chi connectivity index (χ4n) is 2.63. The topological polar surface area (TPSA) is 26.0 Å². The summed E-state index contributed by atoms with van der Waals surface area (Å²) < 4.78 is 0. The van der Waals surface area contributed by atoms with Gasteiger partial charge in [0.15, 0.2) is 0 Å². The fourth-order valence-corrected chi connectivity index (χ4v) is 2.63. The summed E-state index contributed by atoms with van der Waals surface area (Å²) in [6.45, 7) is 0. The van der Waals surface area contributed by atoms with Crippen LogP contribution in [0.3, 0.4) is 0 Å². The Hall–Kier alpha value is -1.60. The summed E-state index contributed by atoms with van der Waals surface area (Å²) in [6, 6.07) is 21.8. The smallest absolute Gasteiger partial charge is 0.0133 e. The van der Waals surface area contributed by atoms with Crippen molar-refractivity contribution >= 4 is 0 Å². The van der Waals surface area contributed by atoms with E-state index in [1.54, 1.807) is 0 Å². The molecule has 0 bridgehead atoms. The van der Waals surface area contributed by atoms with Crippen LogP contribution >= 0.6 is 0 Å². The van der Waals surface area contributed by atoms with Crippen molar-refractivity contribution in [1.82, 2.24) is 0 Å². The minimum Gasteiger partial charge on any atom is -0.327 e. The lowest BCUT2D eigenvalue weighted by Gasteiger charge is -2.17. The number of hydrogen-bond acceptors (Lipinski definition) is 1. The Kier molecular flexibility index (Phi) is 2.69. The largest absolute Gasteiger partial charge is 0.327 e. The molecule has 2 N–H and O–H groups in total. The Morgan fingerprint density at radius 3 is 1.59 bits per heavy atom. The minimum absolute atomic E-state index is 0.375. The van der Waals surface area contributed by atoms with E-state index in [2.05, 4.69) is 60.7 Å². The molecule has 2 aromatic carbocycles. The lowest BCUT2D eigenvalue weighted by atomic mass is 9.87. The molecule has 0 radical (unpaired) electrons. The van der Waals surface area contributed by atoms with Gasteiger partial charge in [-0.05, 0) is 23.5 Å². The fraction of sp³-hybridized carbons (Fsp3) is 0.250. The quantitative estimate of drug-likeness (QED) is 0.849. The highest BCUT2D eigenvalue weighted by Crippen LogP contribution is 2.45. The van der Waals surface area contributed by atoms with Crippen LogP contribution in [0.4, 0.5) is 0 Å². The van der Waals surface area contributed by atoms with Crippen LogP contribution in [0.2, 0.25) is 0 Å². The second kappa shape index (κ2) is 4.34. The Morgan fingerprint density at radius 1 is 0.824 bits per heavy atom. The van der Waals surface area contributed by atoms with Gasteiger partial charge in [0.2, 0.25) is 0 Å². The average molecular weight is 223 g/mol. The van der Waals surface area contributed by atoms with Crippen molar-refractivity contribution in [1.29, 1.82) is 0 Å². The molecule has 1 fully saturated rings. The second-order valence-corrected chi connectivity index (χ2v) is 4.86. The zero-order valence-corrected chi connectivity index (χ0v) is 9.79. The summed E-state index contributed by atoms with van der Waals surface area (Å²) in [5.74, 6) is 1.08. The normalized spacial score (nSPS) is 22.7. The Morgan fingerprint density at radius 2 is 1.24 bits per heavy atom. The molecule has 3 rings (SSSR count). The maximum atomic E-state index is 6.04. The highest BCUT2D eigenvalue weighted by atomic mass is 14.8. The lowest BCUT2D eigenvalue weighted by Crippen LogP contribution is -2.11. The molecule has 1 heteroatoms. The lowest BCUT2D eigenvalue weighted by molar-refractivity contribution is 0.677. The molecule has 0 amide bonds. The van der Waals surface area contributed by atoms with Gasteiger partial charge in [-0.1, -0.05) is 60.7 Å². The van der Waals surface area contributed by atoms with Crippen molar-refractivity contribution in [3.8, 4) is 0 Å². The van der Waals surface area contributed by atoms with E-state index in [0.717, 1.165) is 6.42 Å². The highest BCUT2D eigenvalue weighted by molar-refractivity contribution is 5.35. The van der Waals surface area contributed by atoms with E-state index in [1.165, 1.54) is 11.1 Å². The van der Waals surface area contributed by atoms with Crippen molar-refractivity contribution in [3.63, 3.8) is 0 Å². The minimum atomic E-state index is 0.375. The van der Waals surface area contributed by atoms with Crippen molar-refractivity contribution < 1.29 is 0 Å². The van der Waals surface area contributed by atoms with Crippen molar-refractivity contribution in [2.45, 2.75) is 18.4 Å². The van der Waals surface area contributed by atoms with Gasteiger partial charge in [0.25, 0.3) is 0 Å². The van der Waals surface area contributed by atoms with E-state index < -0.39 is 0 Å². The van der Waals surface area contributed by atoms with Crippen LogP contribution in [0.25, 0.3) is 0 Å². The van der Waals surface area contributed by atoms with E-state index in [9.17, 15) is 0 Å². The van der Waals surface area contributed by atoms with E-state index in [4.69, 9.17) is 5.73 Å². The third kappa shape index (κ3) is 2.11. The van der Waals surface area contributed by atoms with Crippen LogP contribution in [0.15, 0.2) is 60.7 Å². The van der Waals surface area contributed by atoms with Crippen molar-refractivity contribution in [3.05, 3.63) is 71.8 Å². The highest BCUT2D eigenvalue weighted by Gasteiger charge is 2.41. The maximum absolute atomic E-state index is 6.04. The Balaban J connectivity index is 1.99. The van der Waals surface area contributed by atoms with Crippen molar-refractivity contribution in [2.24, 2.45) is 11.7 Å². The molecule has 0 spiro atoms. The van der Waals surface area contributed by atoms with E-state index in [0.29, 0.717) is 17.9 Å². The van der Waals surface area contributed by atoms with Gasteiger partial charge < -0.3 is 5.73 Å². The van der Waals surface area contributed by atoms with E-state index >= 15 is 0 Å². The molecule has 0 heterocycles. The van der Waals surface area contributed by atoms with E-state index in [-0.39, 0.29) is 0 Å². The molecule has 0 saturated heterocycles. The summed E-state index contributed by atoms with van der Waals surface area (Å²) in [5.41, 5.74) is 8.81. The molecule has 1 saturated carbocycles. The second-order valence-electron chi connectivity index (χ2n) is 4.86. The van der Waals surface area contributed by atoms with Crippen LogP contribution in [0.1, 0.15) is 23.5 Å². The molecule has 0 aromatic heterocycles. The van der Waals surface area contributed by atoms with Crippen molar-refractivity contribution in [2.75, 3.05) is 0 Å². The van der Waals surface area contributed by atoms with Crippen LogP contribution in [0, 0.1) is 5.92 Å². The van der Waals surface area contributed by atoms with Gasteiger partial charge in [-0.15, -0.1) is 0 Å². The Bertz CT molecular complexity index is 438. The van der Waals surface area contributed by atoms with Gasteiger partial charge in [0.1, 0.15) is 0 Å². The summed E-state index contributed by atoms with van der Waals surface area (Å²) in [5, 5.41) is 0. The van der Waals surface area contributed by atoms with Gasteiger partial charge in [-0.25, -0.2) is 0 Å². The van der Waals surface area contributed by atoms with E-state index in [1.807, 2.05) is 0 Å². The number of hydrogen-bond donors (Lipinski definition) is 1. The monoisotopic (exact) mass is 223 g/mol. The first-order valence-corrected chi connectivity index (χ1v) is 6.22.